The van der Waals surface area contributed by atoms with Gasteiger partial charge in [0.05, 0.1) is 5.69 Å². The van der Waals surface area contributed by atoms with Gasteiger partial charge in [-0.25, -0.2) is 0 Å². The Kier molecular flexibility index (Phi) is 4.20. The second-order valence-electron chi connectivity index (χ2n) is 4.83. The Hall–Kier alpha value is -1.88. The molecule has 0 unspecified atom stereocenters. The molecule has 0 aliphatic carbocycles. The van der Waals surface area contributed by atoms with Crippen LogP contribution < -0.4 is 0 Å². The molecule has 2 aromatic carbocycles. The largest absolute Gasteiger partial charge is 0.321 e. The van der Waals surface area contributed by atoms with E-state index in [0.29, 0.717) is 0 Å². The zero-order chi connectivity index (χ0) is 14.7. The van der Waals surface area contributed by atoms with Crippen molar-refractivity contribution in [3.05, 3.63) is 81.7 Å². The fraction of sp³-hybridized carbons (Fsp3) is 0.0556. The summed E-state index contributed by atoms with van der Waals surface area (Å²) in [6.45, 7) is 2.11. The van der Waals surface area contributed by atoms with Crippen LogP contribution in [0.1, 0.15) is 11.3 Å². The van der Waals surface area contributed by atoms with Gasteiger partial charge < -0.3 is 4.57 Å². The topological polar surface area (TPSA) is 17.3 Å². The number of hydrogen-bond donors (Lipinski definition) is 0. The van der Waals surface area contributed by atoms with E-state index in [2.05, 4.69) is 81.7 Å². The Labute approximate surface area is 138 Å². The van der Waals surface area contributed by atoms with Crippen molar-refractivity contribution in [1.82, 2.24) is 4.57 Å². The SMILES string of the molecule is Cc1cc(C=Nc2ccccc2I)cn1-c1ccccc1. The average Bonchev–Trinajstić information content (AvgIpc) is 2.88. The maximum atomic E-state index is 4.58. The highest BCUT2D eigenvalue weighted by Gasteiger charge is 2.02. The van der Waals surface area contributed by atoms with Gasteiger partial charge in [0.15, 0.2) is 0 Å². The Bertz CT molecular complexity index is 773. The molecular weight excluding hydrogens is 371 g/mol. The molecule has 0 saturated heterocycles. The fourth-order valence-electron chi connectivity index (χ4n) is 2.24. The normalized spacial score (nSPS) is 11.1. The van der Waals surface area contributed by atoms with Crippen molar-refractivity contribution in [2.24, 2.45) is 4.99 Å². The molecular formula is C18H15IN2. The smallest absolute Gasteiger partial charge is 0.0763 e. The van der Waals surface area contributed by atoms with E-state index in [1.54, 1.807) is 0 Å². The third kappa shape index (κ3) is 3.24. The second-order valence-corrected chi connectivity index (χ2v) is 5.99. The van der Waals surface area contributed by atoms with Gasteiger partial charge in [-0.2, -0.15) is 0 Å². The molecule has 104 valence electrons. The molecule has 0 radical (unpaired) electrons. The lowest BCUT2D eigenvalue weighted by Crippen LogP contribution is -1.93. The molecule has 0 bridgehead atoms. The molecule has 0 N–H and O–H groups in total. The molecule has 0 aliphatic heterocycles. The van der Waals surface area contributed by atoms with E-state index in [-0.39, 0.29) is 0 Å². The molecule has 21 heavy (non-hydrogen) atoms. The molecule has 0 spiro atoms. The lowest BCUT2D eigenvalue weighted by molar-refractivity contribution is 1.02. The maximum Gasteiger partial charge on any atom is 0.0763 e. The number of hydrogen-bond acceptors (Lipinski definition) is 1. The second kappa shape index (κ2) is 6.26. The average molecular weight is 386 g/mol. The number of halogens is 1. The summed E-state index contributed by atoms with van der Waals surface area (Å²) in [5, 5.41) is 0. The number of para-hydroxylation sites is 2. The van der Waals surface area contributed by atoms with Crippen LogP contribution in [0.5, 0.6) is 0 Å². The maximum absolute atomic E-state index is 4.58. The molecule has 3 heteroatoms. The third-order valence-electron chi connectivity index (χ3n) is 3.27. The van der Waals surface area contributed by atoms with E-state index in [0.717, 1.165) is 14.8 Å². The van der Waals surface area contributed by atoms with Gasteiger partial charge in [0.2, 0.25) is 0 Å². The van der Waals surface area contributed by atoms with Gasteiger partial charge in [0, 0.05) is 32.9 Å². The van der Waals surface area contributed by atoms with Crippen LogP contribution in [-0.4, -0.2) is 10.8 Å². The Morgan fingerprint density at radius 1 is 1.00 bits per heavy atom. The highest BCUT2D eigenvalue weighted by Crippen LogP contribution is 2.21. The van der Waals surface area contributed by atoms with Gasteiger partial charge >= 0.3 is 0 Å². The summed E-state index contributed by atoms with van der Waals surface area (Å²) in [6.07, 6.45) is 4.04. The van der Waals surface area contributed by atoms with Crippen LogP contribution in [-0.2, 0) is 0 Å². The molecule has 0 fully saturated rings. The molecule has 0 aliphatic rings. The number of aliphatic imine (C=N–C) groups is 1. The van der Waals surface area contributed by atoms with Crippen molar-refractivity contribution in [3.8, 4) is 5.69 Å². The summed E-state index contributed by atoms with van der Waals surface area (Å²) >= 11 is 2.31. The van der Waals surface area contributed by atoms with E-state index >= 15 is 0 Å². The lowest BCUT2D eigenvalue weighted by atomic mass is 10.3. The monoisotopic (exact) mass is 386 g/mol. The standard InChI is InChI=1S/C18H15IN2/c1-14-11-15(12-20-18-10-6-5-9-17(18)19)13-21(14)16-7-3-2-4-8-16/h2-13H,1H3. The molecule has 0 atom stereocenters. The minimum Gasteiger partial charge on any atom is -0.321 e. The molecule has 3 aromatic rings. The van der Waals surface area contributed by atoms with E-state index in [1.165, 1.54) is 11.4 Å². The lowest BCUT2D eigenvalue weighted by Gasteiger charge is -2.04. The number of rotatable bonds is 3. The highest BCUT2D eigenvalue weighted by atomic mass is 127. The van der Waals surface area contributed by atoms with Gasteiger partial charge in [-0.05, 0) is 59.8 Å². The highest BCUT2D eigenvalue weighted by molar-refractivity contribution is 14.1. The Balaban J connectivity index is 1.90. The van der Waals surface area contributed by atoms with Crippen LogP contribution in [0.15, 0.2) is 71.9 Å². The van der Waals surface area contributed by atoms with Gasteiger partial charge in [-0.15, -0.1) is 0 Å². The van der Waals surface area contributed by atoms with Crippen molar-refractivity contribution in [3.63, 3.8) is 0 Å². The van der Waals surface area contributed by atoms with Crippen molar-refractivity contribution in [2.75, 3.05) is 0 Å². The fourth-order valence-corrected chi connectivity index (χ4v) is 2.76. The summed E-state index contributed by atoms with van der Waals surface area (Å²) in [5.41, 5.74) is 4.48. The summed E-state index contributed by atoms with van der Waals surface area (Å²) in [7, 11) is 0. The van der Waals surface area contributed by atoms with E-state index < -0.39 is 0 Å². The van der Waals surface area contributed by atoms with Crippen LogP contribution in [0.25, 0.3) is 5.69 Å². The summed E-state index contributed by atoms with van der Waals surface area (Å²) < 4.78 is 3.34. The first-order valence-corrected chi connectivity index (χ1v) is 7.85. The first-order chi connectivity index (χ1) is 10.2. The molecule has 2 nitrogen and oxygen atoms in total. The van der Waals surface area contributed by atoms with Crippen LogP contribution in [0.3, 0.4) is 0 Å². The van der Waals surface area contributed by atoms with Crippen molar-refractivity contribution >= 4 is 34.5 Å². The summed E-state index contributed by atoms with van der Waals surface area (Å²) in [6, 6.07) is 20.6. The predicted molar refractivity (Wildman–Crippen MR) is 96.9 cm³/mol. The van der Waals surface area contributed by atoms with E-state index in [4.69, 9.17) is 0 Å². The van der Waals surface area contributed by atoms with Crippen molar-refractivity contribution < 1.29 is 0 Å². The number of aryl methyl sites for hydroxylation is 1. The molecule has 0 amide bonds. The zero-order valence-electron chi connectivity index (χ0n) is 11.7. The zero-order valence-corrected chi connectivity index (χ0v) is 13.9. The Morgan fingerprint density at radius 3 is 2.48 bits per heavy atom. The molecule has 3 rings (SSSR count). The quantitative estimate of drug-likeness (QED) is 0.438. The number of benzene rings is 2. The minimum atomic E-state index is 1.00. The number of nitrogens with zero attached hydrogens (tertiary/aromatic N) is 2. The van der Waals surface area contributed by atoms with Gasteiger partial charge in [0.1, 0.15) is 0 Å². The molecule has 0 saturated carbocycles. The van der Waals surface area contributed by atoms with E-state index in [1.807, 2.05) is 30.5 Å². The van der Waals surface area contributed by atoms with Crippen LogP contribution in [0.2, 0.25) is 0 Å². The van der Waals surface area contributed by atoms with Gasteiger partial charge in [-0.1, -0.05) is 30.3 Å². The first kappa shape index (κ1) is 14.1. The van der Waals surface area contributed by atoms with Gasteiger partial charge in [-0.3, -0.25) is 4.99 Å². The number of aromatic nitrogens is 1. The molecule has 1 aromatic heterocycles. The van der Waals surface area contributed by atoms with Crippen LogP contribution in [0.4, 0.5) is 5.69 Å². The molecule has 1 heterocycles. The Morgan fingerprint density at radius 2 is 1.71 bits per heavy atom. The van der Waals surface area contributed by atoms with Crippen LogP contribution >= 0.6 is 22.6 Å². The minimum absolute atomic E-state index is 1.00. The van der Waals surface area contributed by atoms with E-state index in [9.17, 15) is 0 Å². The van der Waals surface area contributed by atoms with Crippen LogP contribution in [0, 0.1) is 10.5 Å². The third-order valence-corrected chi connectivity index (χ3v) is 4.19. The van der Waals surface area contributed by atoms with Gasteiger partial charge in [0.25, 0.3) is 0 Å². The summed E-state index contributed by atoms with van der Waals surface area (Å²) in [4.78, 5) is 4.58. The van der Waals surface area contributed by atoms with Crippen molar-refractivity contribution in [1.29, 1.82) is 0 Å². The first-order valence-electron chi connectivity index (χ1n) is 6.77. The summed E-state index contributed by atoms with van der Waals surface area (Å²) in [5.74, 6) is 0. The predicted octanol–water partition coefficient (Wildman–Crippen LogP) is 5.14. The van der Waals surface area contributed by atoms with Crippen molar-refractivity contribution in [2.45, 2.75) is 6.92 Å².